The van der Waals surface area contributed by atoms with Crippen LogP contribution in [0.15, 0.2) is 59.5 Å². The second-order valence-corrected chi connectivity index (χ2v) is 7.39. The molecule has 2 heterocycles. The fourth-order valence-electron chi connectivity index (χ4n) is 2.52. The number of nitrogens with one attached hydrogen (secondary N) is 2. The predicted molar refractivity (Wildman–Crippen MR) is 99.8 cm³/mol. The summed E-state index contributed by atoms with van der Waals surface area (Å²) >= 11 is 0. The number of hydrogen-bond donors (Lipinski definition) is 2. The van der Waals surface area contributed by atoms with E-state index >= 15 is 0 Å². The third-order valence-corrected chi connectivity index (χ3v) is 5.22. The highest BCUT2D eigenvalue weighted by molar-refractivity contribution is 7.92. The average Bonchev–Trinajstić information content (AvgIpc) is 3.17. The first-order valence-electron chi connectivity index (χ1n) is 8.07. The molecule has 140 valence electrons. The Hall–Kier alpha value is -3.84. The van der Waals surface area contributed by atoms with Crippen LogP contribution >= 0.6 is 0 Å². The molecule has 0 unspecified atom stereocenters. The minimum atomic E-state index is -3.87. The summed E-state index contributed by atoms with van der Waals surface area (Å²) in [6, 6.07) is 16.4. The number of para-hydroxylation sites is 1. The molecule has 0 bridgehead atoms. The van der Waals surface area contributed by atoms with Gasteiger partial charge in [0.25, 0.3) is 10.0 Å². The molecular weight excluding hydrogens is 382 g/mol. The molecule has 1 aromatic heterocycles. The van der Waals surface area contributed by atoms with Crippen LogP contribution in [0.4, 0.5) is 17.3 Å². The van der Waals surface area contributed by atoms with Crippen molar-refractivity contribution in [2.75, 3.05) is 16.8 Å². The molecule has 0 atom stereocenters. The van der Waals surface area contributed by atoms with Crippen molar-refractivity contribution in [2.45, 2.75) is 4.90 Å². The standard InChI is InChI=1S/C18H13N5O4S/c19-10-12-3-1-2-4-14(12)20-17-7-8-18(22-21-17)23-28(24,25)13-5-6-15-16(9-13)27-11-26-15/h1-9H,11H2,(H,20,21)(H,22,23). The summed E-state index contributed by atoms with van der Waals surface area (Å²) in [4.78, 5) is 0.0173. The van der Waals surface area contributed by atoms with E-state index in [0.29, 0.717) is 28.6 Å². The average molecular weight is 395 g/mol. The number of hydrogen-bond acceptors (Lipinski definition) is 8. The van der Waals surface area contributed by atoms with E-state index in [1.54, 1.807) is 30.3 Å². The number of aromatic nitrogens is 2. The van der Waals surface area contributed by atoms with Gasteiger partial charge < -0.3 is 14.8 Å². The predicted octanol–water partition coefficient (Wildman–Crippen LogP) is 2.62. The highest BCUT2D eigenvalue weighted by Crippen LogP contribution is 2.34. The topological polar surface area (TPSA) is 126 Å². The van der Waals surface area contributed by atoms with E-state index in [-0.39, 0.29) is 17.5 Å². The number of nitriles is 1. The van der Waals surface area contributed by atoms with E-state index in [0.717, 1.165) is 0 Å². The molecule has 28 heavy (non-hydrogen) atoms. The maximum atomic E-state index is 12.5. The largest absolute Gasteiger partial charge is 0.454 e. The van der Waals surface area contributed by atoms with Crippen LogP contribution in [0, 0.1) is 11.3 Å². The minimum Gasteiger partial charge on any atom is -0.454 e. The number of anilines is 3. The van der Waals surface area contributed by atoms with Crippen molar-refractivity contribution in [3.05, 3.63) is 60.2 Å². The van der Waals surface area contributed by atoms with Crippen LogP contribution in [0.1, 0.15) is 5.56 Å². The Kier molecular flexibility index (Phi) is 4.42. The van der Waals surface area contributed by atoms with Crippen LogP contribution < -0.4 is 19.5 Å². The fraction of sp³-hybridized carbons (Fsp3) is 0.0556. The molecule has 0 spiro atoms. The lowest BCUT2D eigenvalue weighted by Gasteiger charge is -2.09. The van der Waals surface area contributed by atoms with Gasteiger partial charge in [0.05, 0.1) is 16.1 Å². The van der Waals surface area contributed by atoms with Crippen LogP contribution in [0.25, 0.3) is 0 Å². The maximum absolute atomic E-state index is 12.5. The van der Waals surface area contributed by atoms with Crippen molar-refractivity contribution in [3.63, 3.8) is 0 Å². The molecule has 1 aliphatic rings. The second kappa shape index (κ2) is 7.05. The minimum absolute atomic E-state index is 0.0173. The third kappa shape index (κ3) is 3.51. The van der Waals surface area contributed by atoms with Crippen molar-refractivity contribution >= 4 is 27.3 Å². The van der Waals surface area contributed by atoms with Gasteiger partial charge in [-0.15, -0.1) is 10.2 Å². The van der Waals surface area contributed by atoms with Crippen LogP contribution in [0.2, 0.25) is 0 Å². The van der Waals surface area contributed by atoms with Gasteiger partial charge in [0, 0.05) is 6.07 Å². The van der Waals surface area contributed by atoms with E-state index < -0.39 is 10.0 Å². The molecule has 0 fully saturated rings. The molecule has 2 N–H and O–H groups in total. The number of rotatable bonds is 5. The highest BCUT2D eigenvalue weighted by atomic mass is 32.2. The quantitative estimate of drug-likeness (QED) is 0.675. The third-order valence-electron chi connectivity index (χ3n) is 3.87. The lowest BCUT2D eigenvalue weighted by molar-refractivity contribution is 0.174. The van der Waals surface area contributed by atoms with E-state index in [1.165, 1.54) is 24.3 Å². The molecule has 0 saturated heterocycles. The van der Waals surface area contributed by atoms with Crippen molar-refractivity contribution in [2.24, 2.45) is 0 Å². The molecule has 0 amide bonds. The van der Waals surface area contributed by atoms with Crippen molar-refractivity contribution in [1.82, 2.24) is 10.2 Å². The fourth-order valence-corrected chi connectivity index (χ4v) is 3.53. The smallest absolute Gasteiger partial charge is 0.263 e. The first kappa shape index (κ1) is 17.6. The summed E-state index contributed by atoms with van der Waals surface area (Å²) in [5, 5.41) is 19.9. The zero-order chi connectivity index (χ0) is 19.6. The molecule has 10 heteroatoms. The molecule has 1 aliphatic heterocycles. The van der Waals surface area contributed by atoms with Gasteiger partial charge in [-0.25, -0.2) is 8.42 Å². The number of benzene rings is 2. The van der Waals surface area contributed by atoms with Crippen LogP contribution in [0.5, 0.6) is 11.5 Å². The monoisotopic (exact) mass is 395 g/mol. The summed E-state index contributed by atoms with van der Waals surface area (Å²) < 4.78 is 37.8. The van der Waals surface area contributed by atoms with Crippen LogP contribution in [-0.4, -0.2) is 25.4 Å². The summed E-state index contributed by atoms with van der Waals surface area (Å²) in [6.45, 7) is 0.0567. The van der Waals surface area contributed by atoms with Gasteiger partial charge in [-0.1, -0.05) is 12.1 Å². The molecule has 3 aromatic rings. The van der Waals surface area contributed by atoms with E-state index in [2.05, 4.69) is 26.3 Å². The van der Waals surface area contributed by atoms with Crippen molar-refractivity contribution in [1.29, 1.82) is 5.26 Å². The van der Waals surface area contributed by atoms with Gasteiger partial charge in [-0.05, 0) is 36.4 Å². The lowest BCUT2D eigenvalue weighted by Crippen LogP contribution is -2.14. The molecule has 0 aliphatic carbocycles. The SMILES string of the molecule is N#Cc1ccccc1Nc1ccc(NS(=O)(=O)c2ccc3c(c2)OCO3)nn1. The highest BCUT2D eigenvalue weighted by Gasteiger charge is 2.21. The van der Waals surface area contributed by atoms with Gasteiger partial charge in [0.15, 0.2) is 23.1 Å². The van der Waals surface area contributed by atoms with E-state index in [9.17, 15) is 8.42 Å². The van der Waals surface area contributed by atoms with Gasteiger partial charge in [-0.3, -0.25) is 4.72 Å². The summed E-state index contributed by atoms with van der Waals surface area (Å²) in [5.74, 6) is 1.28. The Bertz CT molecular complexity index is 1170. The normalized spacial score (nSPS) is 12.2. The number of fused-ring (bicyclic) bond motifs is 1. The molecule has 4 rings (SSSR count). The van der Waals surface area contributed by atoms with Crippen LogP contribution in [-0.2, 0) is 10.0 Å². The van der Waals surface area contributed by atoms with Gasteiger partial charge in [-0.2, -0.15) is 5.26 Å². The maximum Gasteiger partial charge on any atom is 0.263 e. The first-order valence-corrected chi connectivity index (χ1v) is 9.56. The molecular formula is C18H13N5O4S. The Morgan fingerprint density at radius 3 is 2.50 bits per heavy atom. The van der Waals surface area contributed by atoms with E-state index in [1.807, 2.05) is 0 Å². The molecule has 0 saturated carbocycles. The Labute approximate surface area is 160 Å². The lowest BCUT2D eigenvalue weighted by atomic mass is 10.2. The zero-order valence-corrected chi connectivity index (χ0v) is 15.1. The Morgan fingerprint density at radius 2 is 1.71 bits per heavy atom. The number of nitrogens with zero attached hydrogens (tertiary/aromatic N) is 3. The first-order chi connectivity index (χ1) is 13.5. The zero-order valence-electron chi connectivity index (χ0n) is 14.3. The van der Waals surface area contributed by atoms with Gasteiger partial charge in [0.1, 0.15) is 6.07 Å². The molecule has 2 aromatic carbocycles. The van der Waals surface area contributed by atoms with Crippen molar-refractivity contribution < 1.29 is 17.9 Å². The summed E-state index contributed by atoms with van der Waals surface area (Å²) in [6.07, 6.45) is 0. The van der Waals surface area contributed by atoms with Gasteiger partial charge >= 0.3 is 0 Å². The second-order valence-electron chi connectivity index (χ2n) is 5.71. The summed E-state index contributed by atoms with van der Waals surface area (Å²) in [7, 11) is -3.87. The number of sulfonamides is 1. The Balaban J connectivity index is 1.50. The molecule has 9 nitrogen and oxygen atoms in total. The van der Waals surface area contributed by atoms with E-state index in [4.69, 9.17) is 14.7 Å². The van der Waals surface area contributed by atoms with Gasteiger partial charge in [0.2, 0.25) is 6.79 Å². The van der Waals surface area contributed by atoms with Crippen molar-refractivity contribution in [3.8, 4) is 17.6 Å². The van der Waals surface area contributed by atoms with Crippen LogP contribution in [0.3, 0.4) is 0 Å². The molecule has 0 radical (unpaired) electrons. The number of ether oxygens (including phenoxy) is 2. The summed E-state index contributed by atoms with van der Waals surface area (Å²) in [5.41, 5.74) is 1.03. The Morgan fingerprint density at radius 1 is 0.964 bits per heavy atom.